The number of nitrogens with one attached hydrogen (secondary N) is 2. The number of aromatic nitrogens is 3. The Kier molecular flexibility index (Phi) is 3.80. The van der Waals surface area contributed by atoms with Crippen LogP contribution in [0.15, 0.2) is 48.8 Å². The number of carbonyl (C=O) groups is 1. The Morgan fingerprint density at radius 2 is 2.04 bits per heavy atom. The van der Waals surface area contributed by atoms with Crippen molar-refractivity contribution in [3.8, 4) is 0 Å². The smallest absolute Gasteiger partial charge is 0.352 e. The number of benzene rings is 1. The normalized spacial score (nSPS) is 11.3. The third kappa shape index (κ3) is 2.75. The van der Waals surface area contributed by atoms with Crippen LogP contribution in [0, 0.1) is 0 Å². The number of pyridine rings is 2. The number of carboxylic acid groups (broad SMARTS) is 1. The number of hydrogen-bond donors (Lipinski definition) is 3. The van der Waals surface area contributed by atoms with Gasteiger partial charge in [0.1, 0.15) is 11.5 Å². The largest absolute Gasteiger partial charge is 0.477 e. The maximum absolute atomic E-state index is 11.4. The van der Waals surface area contributed by atoms with Gasteiger partial charge in [0.2, 0.25) is 0 Å². The van der Waals surface area contributed by atoms with E-state index in [1.54, 1.807) is 18.5 Å². The van der Waals surface area contributed by atoms with Crippen molar-refractivity contribution >= 4 is 39.3 Å². The number of anilines is 2. The molecule has 4 rings (SSSR count). The lowest BCUT2D eigenvalue weighted by Crippen LogP contribution is -1.97. The second-order valence-electron chi connectivity index (χ2n) is 6.54. The van der Waals surface area contributed by atoms with Gasteiger partial charge < -0.3 is 15.4 Å². The Bertz CT molecular complexity index is 1130. The molecule has 0 aliphatic heterocycles. The molecule has 0 spiro atoms. The minimum atomic E-state index is -1.01. The van der Waals surface area contributed by atoms with Crippen LogP contribution in [0.25, 0.3) is 21.8 Å². The molecule has 130 valence electrons. The lowest BCUT2D eigenvalue weighted by molar-refractivity contribution is 0.0691. The molecule has 4 aromatic rings. The van der Waals surface area contributed by atoms with Crippen LogP contribution >= 0.6 is 0 Å². The summed E-state index contributed by atoms with van der Waals surface area (Å²) in [4.78, 5) is 23.2. The van der Waals surface area contributed by atoms with Crippen LogP contribution in [0.2, 0.25) is 0 Å². The summed E-state index contributed by atoms with van der Waals surface area (Å²) in [5.41, 5.74) is 3.71. The van der Waals surface area contributed by atoms with Crippen LogP contribution in [0.1, 0.15) is 35.8 Å². The summed E-state index contributed by atoms with van der Waals surface area (Å²) in [5.74, 6) is 0.0210. The topological polar surface area (TPSA) is 90.9 Å². The molecule has 0 aliphatic rings. The van der Waals surface area contributed by atoms with Crippen molar-refractivity contribution in [1.82, 2.24) is 15.0 Å². The van der Waals surface area contributed by atoms with E-state index in [2.05, 4.69) is 46.2 Å². The molecule has 0 saturated heterocycles. The summed E-state index contributed by atoms with van der Waals surface area (Å²) in [6, 6.07) is 11.6. The van der Waals surface area contributed by atoms with Gasteiger partial charge >= 0.3 is 5.97 Å². The molecule has 0 aliphatic carbocycles. The fraction of sp³-hybridized carbons (Fsp3) is 0.150. The molecule has 3 heterocycles. The maximum atomic E-state index is 11.4. The SMILES string of the molecule is CC(C)c1cccc(Nc2nc3ccncc3c3[nH]c(C(=O)O)cc23)c1. The van der Waals surface area contributed by atoms with Gasteiger partial charge in [-0.25, -0.2) is 9.78 Å². The van der Waals surface area contributed by atoms with Gasteiger partial charge in [0, 0.05) is 28.9 Å². The minimum absolute atomic E-state index is 0.122. The second-order valence-corrected chi connectivity index (χ2v) is 6.54. The summed E-state index contributed by atoms with van der Waals surface area (Å²) < 4.78 is 0. The van der Waals surface area contributed by atoms with Crippen molar-refractivity contribution in [2.24, 2.45) is 0 Å². The number of aromatic amines is 1. The van der Waals surface area contributed by atoms with Crippen molar-refractivity contribution in [1.29, 1.82) is 0 Å². The van der Waals surface area contributed by atoms with Crippen LogP contribution in [-0.4, -0.2) is 26.0 Å². The summed E-state index contributed by atoms with van der Waals surface area (Å²) >= 11 is 0. The highest BCUT2D eigenvalue weighted by molar-refractivity contribution is 6.10. The molecule has 26 heavy (non-hydrogen) atoms. The summed E-state index contributed by atoms with van der Waals surface area (Å²) in [6.07, 6.45) is 3.36. The van der Waals surface area contributed by atoms with Crippen molar-refractivity contribution < 1.29 is 9.90 Å². The first kappa shape index (κ1) is 16.1. The van der Waals surface area contributed by atoms with E-state index in [0.717, 1.165) is 22.0 Å². The molecule has 0 fully saturated rings. The van der Waals surface area contributed by atoms with E-state index in [4.69, 9.17) is 0 Å². The molecular weight excluding hydrogens is 328 g/mol. The zero-order chi connectivity index (χ0) is 18.3. The first-order valence-corrected chi connectivity index (χ1v) is 8.39. The molecule has 0 radical (unpaired) electrons. The highest BCUT2D eigenvalue weighted by Gasteiger charge is 2.15. The van der Waals surface area contributed by atoms with Crippen LogP contribution < -0.4 is 5.32 Å². The minimum Gasteiger partial charge on any atom is -0.477 e. The molecule has 0 atom stereocenters. The van der Waals surface area contributed by atoms with Crippen LogP contribution in [-0.2, 0) is 0 Å². The van der Waals surface area contributed by atoms with E-state index in [1.165, 1.54) is 5.56 Å². The lowest BCUT2D eigenvalue weighted by Gasteiger charge is -2.11. The van der Waals surface area contributed by atoms with Gasteiger partial charge in [-0.1, -0.05) is 26.0 Å². The van der Waals surface area contributed by atoms with E-state index in [0.29, 0.717) is 17.3 Å². The second kappa shape index (κ2) is 6.15. The first-order chi connectivity index (χ1) is 12.5. The highest BCUT2D eigenvalue weighted by atomic mass is 16.4. The zero-order valence-corrected chi connectivity index (χ0v) is 14.4. The van der Waals surface area contributed by atoms with Gasteiger partial charge in [0.25, 0.3) is 0 Å². The molecular formula is C20H18N4O2. The van der Waals surface area contributed by atoms with Crippen LogP contribution in [0.3, 0.4) is 0 Å². The fourth-order valence-corrected chi connectivity index (χ4v) is 3.03. The zero-order valence-electron chi connectivity index (χ0n) is 14.4. The molecule has 3 N–H and O–H groups in total. The fourth-order valence-electron chi connectivity index (χ4n) is 3.03. The predicted molar refractivity (Wildman–Crippen MR) is 102 cm³/mol. The Labute approximate surface area is 149 Å². The molecule has 0 unspecified atom stereocenters. The maximum Gasteiger partial charge on any atom is 0.352 e. The number of fused-ring (bicyclic) bond motifs is 3. The Hall–Kier alpha value is -3.41. The first-order valence-electron chi connectivity index (χ1n) is 8.39. The average molecular weight is 346 g/mol. The number of nitrogens with zero attached hydrogens (tertiary/aromatic N) is 2. The molecule has 0 saturated carbocycles. The number of hydrogen-bond acceptors (Lipinski definition) is 4. The quantitative estimate of drug-likeness (QED) is 0.499. The third-order valence-corrected chi connectivity index (χ3v) is 4.42. The van der Waals surface area contributed by atoms with Crippen LogP contribution in [0.5, 0.6) is 0 Å². The average Bonchev–Trinajstić information content (AvgIpc) is 3.08. The number of carboxylic acids is 1. The molecule has 6 heteroatoms. The Balaban J connectivity index is 1.90. The summed E-state index contributed by atoms with van der Waals surface area (Å²) in [6.45, 7) is 4.29. The summed E-state index contributed by atoms with van der Waals surface area (Å²) in [7, 11) is 0. The third-order valence-electron chi connectivity index (χ3n) is 4.42. The molecule has 3 aromatic heterocycles. The van der Waals surface area contributed by atoms with E-state index in [9.17, 15) is 9.90 Å². The number of H-pyrrole nitrogens is 1. The lowest BCUT2D eigenvalue weighted by atomic mass is 10.0. The Morgan fingerprint density at radius 3 is 2.81 bits per heavy atom. The van der Waals surface area contributed by atoms with Crippen molar-refractivity contribution in [3.63, 3.8) is 0 Å². The summed E-state index contributed by atoms with van der Waals surface area (Å²) in [5, 5.41) is 14.2. The van der Waals surface area contributed by atoms with Crippen molar-refractivity contribution in [2.45, 2.75) is 19.8 Å². The predicted octanol–water partition coefficient (Wildman–Crippen LogP) is 4.68. The number of rotatable bonds is 4. The van der Waals surface area contributed by atoms with Gasteiger partial charge in [-0.3, -0.25) is 4.98 Å². The molecule has 0 amide bonds. The van der Waals surface area contributed by atoms with Gasteiger partial charge in [-0.05, 0) is 35.7 Å². The van der Waals surface area contributed by atoms with E-state index >= 15 is 0 Å². The molecule has 1 aromatic carbocycles. The van der Waals surface area contributed by atoms with E-state index in [1.807, 2.05) is 18.2 Å². The standard InChI is InChI=1S/C20H18N4O2/c1-11(2)12-4-3-5-13(8-12)22-19-14-9-17(20(25)26)23-18(14)15-10-21-7-6-16(15)24-19/h3-11,23H,1-2H3,(H,22,24)(H,25,26). The monoisotopic (exact) mass is 346 g/mol. The van der Waals surface area contributed by atoms with Crippen LogP contribution in [0.4, 0.5) is 11.5 Å². The van der Waals surface area contributed by atoms with Gasteiger partial charge in [0.05, 0.1) is 11.0 Å². The van der Waals surface area contributed by atoms with Gasteiger partial charge in [0.15, 0.2) is 0 Å². The molecule has 0 bridgehead atoms. The number of aromatic carboxylic acids is 1. The van der Waals surface area contributed by atoms with Crippen molar-refractivity contribution in [3.05, 3.63) is 60.0 Å². The van der Waals surface area contributed by atoms with E-state index < -0.39 is 5.97 Å². The van der Waals surface area contributed by atoms with E-state index in [-0.39, 0.29) is 5.69 Å². The van der Waals surface area contributed by atoms with Crippen molar-refractivity contribution in [2.75, 3.05) is 5.32 Å². The van der Waals surface area contributed by atoms with Gasteiger partial charge in [-0.15, -0.1) is 0 Å². The Morgan fingerprint density at radius 1 is 1.19 bits per heavy atom. The van der Waals surface area contributed by atoms with Gasteiger partial charge in [-0.2, -0.15) is 0 Å². The molecule has 6 nitrogen and oxygen atoms in total. The highest BCUT2D eigenvalue weighted by Crippen LogP contribution is 2.31.